The Morgan fingerprint density at radius 3 is 2.43 bits per heavy atom. The zero-order valence-corrected chi connectivity index (χ0v) is 8.79. The van der Waals surface area contributed by atoms with Gasteiger partial charge in [-0.2, -0.15) is 0 Å². The van der Waals surface area contributed by atoms with Crippen molar-refractivity contribution in [1.82, 2.24) is 0 Å². The van der Waals surface area contributed by atoms with Crippen LogP contribution in [0, 0.1) is 0 Å². The number of aliphatic carboxylic acids is 1. The van der Waals surface area contributed by atoms with Crippen LogP contribution in [0.25, 0.3) is 0 Å². The van der Waals surface area contributed by atoms with Crippen molar-refractivity contribution in [2.24, 2.45) is 0 Å². The molecule has 0 radical (unpaired) electrons. The Balaban J connectivity index is 2.78. The second kappa shape index (κ2) is 5.01. The lowest BCUT2D eigenvalue weighted by Gasteiger charge is -2.12. The van der Waals surface area contributed by atoms with E-state index in [-0.39, 0.29) is 12.3 Å². The smallest absolute Gasteiger partial charge is 0.303 e. The lowest BCUT2D eigenvalue weighted by Crippen LogP contribution is -2.05. The van der Waals surface area contributed by atoms with E-state index in [0.29, 0.717) is 5.02 Å². The first-order chi connectivity index (χ1) is 6.63. The third-order valence-electron chi connectivity index (χ3n) is 2.26. The van der Waals surface area contributed by atoms with Crippen LogP contribution in [-0.4, -0.2) is 11.1 Å². The van der Waals surface area contributed by atoms with Gasteiger partial charge in [0, 0.05) is 5.02 Å². The first-order valence-corrected chi connectivity index (χ1v) is 4.98. The zero-order chi connectivity index (χ0) is 10.6. The van der Waals surface area contributed by atoms with Crippen LogP contribution < -0.4 is 0 Å². The van der Waals surface area contributed by atoms with Crippen LogP contribution in [0.3, 0.4) is 0 Å². The van der Waals surface area contributed by atoms with Crippen LogP contribution >= 0.6 is 11.6 Å². The van der Waals surface area contributed by atoms with E-state index in [4.69, 9.17) is 16.7 Å². The summed E-state index contributed by atoms with van der Waals surface area (Å²) in [5, 5.41) is 9.38. The summed E-state index contributed by atoms with van der Waals surface area (Å²) >= 11 is 5.75. The van der Waals surface area contributed by atoms with Gasteiger partial charge in [-0.05, 0) is 30.0 Å². The van der Waals surface area contributed by atoms with E-state index in [1.807, 2.05) is 19.1 Å². The lowest BCUT2D eigenvalue weighted by atomic mass is 9.93. The van der Waals surface area contributed by atoms with Crippen molar-refractivity contribution in [3.8, 4) is 0 Å². The Morgan fingerprint density at radius 1 is 1.43 bits per heavy atom. The van der Waals surface area contributed by atoms with Crippen molar-refractivity contribution < 1.29 is 9.90 Å². The summed E-state index contributed by atoms with van der Waals surface area (Å²) in [6, 6.07) is 7.36. The Kier molecular flexibility index (Phi) is 3.96. The Hall–Kier alpha value is -1.02. The third kappa shape index (κ3) is 3.04. The first kappa shape index (κ1) is 11.1. The second-order valence-electron chi connectivity index (χ2n) is 3.25. The molecule has 76 valence electrons. The molecule has 0 saturated heterocycles. The molecule has 2 nitrogen and oxygen atoms in total. The number of hydrogen-bond donors (Lipinski definition) is 1. The molecule has 0 aliphatic rings. The highest BCUT2D eigenvalue weighted by molar-refractivity contribution is 6.30. The summed E-state index contributed by atoms with van der Waals surface area (Å²) in [6.45, 7) is 1.99. The second-order valence-corrected chi connectivity index (χ2v) is 3.69. The van der Waals surface area contributed by atoms with Crippen LogP contribution in [0.1, 0.15) is 31.2 Å². The molecule has 1 N–H and O–H groups in total. The number of halogens is 1. The molecule has 14 heavy (non-hydrogen) atoms. The molecule has 0 aromatic heterocycles. The van der Waals surface area contributed by atoms with Crippen LogP contribution in [0.2, 0.25) is 5.02 Å². The van der Waals surface area contributed by atoms with Crippen molar-refractivity contribution in [3.63, 3.8) is 0 Å². The molecule has 0 aliphatic carbocycles. The highest BCUT2D eigenvalue weighted by Crippen LogP contribution is 2.24. The van der Waals surface area contributed by atoms with E-state index in [0.717, 1.165) is 12.0 Å². The van der Waals surface area contributed by atoms with Crippen LogP contribution in [0.15, 0.2) is 24.3 Å². The molecular formula is C11H13ClO2. The molecule has 0 saturated carbocycles. The SMILES string of the molecule is CC[C@H](CC(=O)O)c1ccc(Cl)cc1. The van der Waals surface area contributed by atoms with Gasteiger partial charge in [0.15, 0.2) is 0 Å². The molecule has 0 aliphatic heterocycles. The van der Waals surface area contributed by atoms with E-state index < -0.39 is 5.97 Å². The van der Waals surface area contributed by atoms with Gasteiger partial charge in [0.2, 0.25) is 0 Å². The highest BCUT2D eigenvalue weighted by Gasteiger charge is 2.12. The maximum atomic E-state index is 10.6. The van der Waals surface area contributed by atoms with Gasteiger partial charge < -0.3 is 5.11 Å². The number of carboxylic acid groups (broad SMARTS) is 1. The Labute approximate surface area is 88.5 Å². The van der Waals surface area contributed by atoms with Gasteiger partial charge in [-0.15, -0.1) is 0 Å². The van der Waals surface area contributed by atoms with Gasteiger partial charge in [-0.3, -0.25) is 4.79 Å². The predicted octanol–water partition coefficient (Wildman–Crippen LogP) is 3.31. The minimum absolute atomic E-state index is 0.0877. The van der Waals surface area contributed by atoms with Gasteiger partial charge in [0.1, 0.15) is 0 Å². The van der Waals surface area contributed by atoms with Crippen molar-refractivity contribution in [3.05, 3.63) is 34.9 Å². The summed E-state index contributed by atoms with van der Waals surface area (Å²) in [5.41, 5.74) is 1.04. The molecular weight excluding hydrogens is 200 g/mol. The maximum Gasteiger partial charge on any atom is 0.303 e. The minimum atomic E-state index is -0.758. The molecule has 1 rings (SSSR count). The number of hydrogen-bond acceptors (Lipinski definition) is 1. The Morgan fingerprint density at radius 2 is 2.00 bits per heavy atom. The number of carbonyl (C=O) groups is 1. The van der Waals surface area contributed by atoms with E-state index >= 15 is 0 Å². The van der Waals surface area contributed by atoms with E-state index in [1.165, 1.54) is 0 Å². The average molecular weight is 213 g/mol. The molecule has 0 amide bonds. The largest absolute Gasteiger partial charge is 0.481 e. The third-order valence-corrected chi connectivity index (χ3v) is 2.51. The van der Waals surface area contributed by atoms with Crippen LogP contribution in [-0.2, 0) is 4.79 Å². The predicted molar refractivity (Wildman–Crippen MR) is 56.7 cm³/mol. The quantitative estimate of drug-likeness (QED) is 0.832. The summed E-state index contributed by atoms with van der Waals surface area (Å²) in [4.78, 5) is 10.6. The molecule has 0 fully saturated rings. The fourth-order valence-electron chi connectivity index (χ4n) is 1.44. The molecule has 0 heterocycles. The summed E-state index contributed by atoms with van der Waals surface area (Å²) in [6.07, 6.45) is 1.01. The molecule has 3 heteroatoms. The van der Waals surface area contributed by atoms with Gasteiger partial charge >= 0.3 is 5.97 Å². The van der Waals surface area contributed by atoms with E-state index in [9.17, 15) is 4.79 Å². The fourth-order valence-corrected chi connectivity index (χ4v) is 1.57. The molecule has 1 aromatic carbocycles. The normalized spacial score (nSPS) is 12.4. The standard InChI is InChI=1S/C11H13ClO2/c1-2-8(7-11(13)14)9-3-5-10(12)6-4-9/h3-6,8H,2,7H2,1H3,(H,13,14)/t8-/m1/s1. The average Bonchev–Trinajstić information content (AvgIpc) is 2.15. The van der Waals surface area contributed by atoms with E-state index in [1.54, 1.807) is 12.1 Å². The molecule has 1 aromatic rings. The zero-order valence-electron chi connectivity index (χ0n) is 8.03. The van der Waals surface area contributed by atoms with Crippen molar-refractivity contribution in [2.75, 3.05) is 0 Å². The maximum absolute atomic E-state index is 10.6. The Bertz CT molecular complexity index is 306. The van der Waals surface area contributed by atoms with Gasteiger partial charge in [-0.1, -0.05) is 30.7 Å². The van der Waals surface area contributed by atoms with Gasteiger partial charge in [0.05, 0.1) is 6.42 Å². The van der Waals surface area contributed by atoms with Crippen molar-refractivity contribution >= 4 is 17.6 Å². The number of rotatable bonds is 4. The molecule has 0 bridgehead atoms. The van der Waals surface area contributed by atoms with Crippen LogP contribution in [0.4, 0.5) is 0 Å². The minimum Gasteiger partial charge on any atom is -0.481 e. The fraction of sp³-hybridized carbons (Fsp3) is 0.364. The van der Waals surface area contributed by atoms with Crippen molar-refractivity contribution in [1.29, 1.82) is 0 Å². The summed E-state index contributed by atoms with van der Waals surface area (Å²) in [7, 11) is 0. The summed E-state index contributed by atoms with van der Waals surface area (Å²) in [5.74, 6) is -0.670. The van der Waals surface area contributed by atoms with E-state index in [2.05, 4.69) is 0 Å². The molecule has 0 spiro atoms. The van der Waals surface area contributed by atoms with Gasteiger partial charge in [0.25, 0.3) is 0 Å². The number of benzene rings is 1. The lowest BCUT2D eigenvalue weighted by molar-refractivity contribution is -0.137. The molecule has 1 atom stereocenters. The monoisotopic (exact) mass is 212 g/mol. The van der Waals surface area contributed by atoms with Crippen molar-refractivity contribution in [2.45, 2.75) is 25.7 Å². The van der Waals surface area contributed by atoms with Gasteiger partial charge in [-0.25, -0.2) is 0 Å². The first-order valence-electron chi connectivity index (χ1n) is 4.60. The number of carboxylic acids is 1. The van der Waals surface area contributed by atoms with Crippen LogP contribution in [0.5, 0.6) is 0 Å². The summed E-state index contributed by atoms with van der Waals surface area (Å²) < 4.78 is 0. The topological polar surface area (TPSA) is 37.3 Å². The highest BCUT2D eigenvalue weighted by atomic mass is 35.5. The molecule has 0 unspecified atom stereocenters.